The third-order valence-corrected chi connectivity index (χ3v) is 2.51. The Labute approximate surface area is 121 Å². The molecule has 21 heavy (non-hydrogen) atoms. The van der Waals surface area contributed by atoms with E-state index in [1.54, 1.807) is 6.92 Å². The number of aromatic nitrogens is 3. The number of amides is 2. The van der Waals surface area contributed by atoms with Crippen LogP contribution in [0.1, 0.15) is 31.3 Å². The quantitative estimate of drug-likeness (QED) is 0.690. The predicted molar refractivity (Wildman–Crippen MR) is 72.5 cm³/mol. The van der Waals surface area contributed by atoms with Crippen LogP contribution in [0.5, 0.6) is 0 Å². The van der Waals surface area contributed by atoms with E-state index in [0.717, 1.165) is 4.68 Å². The van der Waals surface area contributed by atoms with Gasteiger partial charge in [0.15, 0.2) is 5.69 Å². The molecule has 2 N–H and O–H groups in total. The molecule has 0 aromatic carbocycles. The van der Waals surface area contributed by atoms with Crippen molar-refractivity contribution in [2.24, 2.45) is 0 Å². The Morgan fingerprint density at radius 2 is 2.10 bits per heavy atom. The second-order valence-corrected chi connectivity index (χ2v) is 4.74. The summed E-state index contributed by atoms with van der Waals surface area (Å²) in [5.41, 5.74) is 0.00967. The van der Waals surface area contributed by atoms with Crippen LogP contribution in [-0.2, 0) is 16.1 Å². The van der Waals surface area contributed by atoms with Crippen molar-refractivity contribution < 1.29 is 19.5 Å². The summed E-state index contributed by atoms with van der Waals surface area (Å²) >= 11 is 0. The third kappa shape index (κ3) is 5.21. The number of carboxylic acid groups (broad SMARTS) is 1. The largest absolute Gasteiger partial charge is 0.480 e. The Bertz CT molecular complexity index is 525. The van der Waals surface area contributed by atoms with Crippen molar-refractivity contribution in [2.45, 2.75) is 33.4 Å². The number of carbonyl (C=O) groups excluding carboxylic acids is 2. The molecular weight excluding hydrogens is 278 g/mol. The van der Waals surface area contributed by atoms with Gasteiger partial charge in [-0.05, 0) is 20.8 Å². The highest BCUT2D eigenvalue weighted by atomic mass is 16.4. The average molecular weight is 297 g/mol. The van der Waals surface area contributed by atoms with Crippen molar-refractivity contribution >= 4 is 17.8 Å². The number of nitrogens with zero attached hydrogens (tertiary/aromatic N) is 4. The van der Waals surface area contributed by atoms with Crippen LogP contribution in [0, 0.1) is 0 Å². The van der Waals surface area contributed by atoms with E-state index in [9.17, 15) is 14.4 Å². The van der Waals surface area contributed by atoms with Gasteiger partial charge in [0.2, 0.25) is 5.91 Å². The Hall–Kier alpha value is -2.45. The molecule has 0 atom stereocenters. The molecule has 0 radical (unpaired) electrons. The van der Waals surface area contributed by atoms with Gasteiger partial charge in [-0.25, -0.2) is 4.68 Å². The lowest BCUT2D eigenvalue weighted by atomic mass is 10.3. The zero-order valence-electron chi connectivity index (χ0n) is 12.2. The van der Waals surface area contributed by atoms with E-state index in [-0.39, 0.29) is 30.7 Å². The minimum atomic E-state index is -1.08. The smallest absolute Gasteiger partial charge is 0.325 e. The molecule has 0 aliphatic rings. The number of likely N-dealkylation sites (N-methyl/N-ethyl adjacent to an activating group) is 1. The van der Waals surface area contributed by atoms with Gasteiger partial charge in [-0.3, -0.25) is 14.4 Å². The van der Waals surface area contributed by atoms with Crippen molar-refractivity contribution in [1.29, 1.82) is 0 Å². The standard InChI is InChI=1S/C12H19N5O4/c1-4-16(6-10(18)13-8(2)3)12(21)9-5-17(15-14-9)7-11(19)20/h5,8H,4,6-7H2,1-3H3,(H,13,18)(H,19,20). The maximum atomic E-state index is 12.2. The first kappa shape index (κ1) is 16.6. The van der Waals surface area contributed by atoms with Crippen molar-refractivity contribution in [1.82, 2.24) is 25.2 Å². The summed E-state index contributed by atoms with van der Waals surface area (Å²) in [5, 5.41) is 18.5. The van der Waals surface area contributed by atoms with E-state index in [1.807, 2.05) is 13.8 Å². The summed E-state index contributed by atoms with van der Waals surface area (Å²) in [5.74, 6) is -1.81. The molecule has 116 valence electrons. The van der Waals surface area contributed by atoms with Gasteiger partial charge in [0, 0.05) is 12.6 Å². The number of carboxylic acids is 1. The van der Waals surface area contributed by atoms with Crippen molar-refractivity contribution in [2.75, 3.05) is 13.1 Å². The fraction of sp³-hybridized carbons (Fsp3) is 0.583. The van der Waals surface area contributed by atoms with E-state index in [4.69, 9.17) is 5.11 Å². The first-order valence-electron chi connectivity index (χ1n) is 6.54. The first-order valence-corrected chi connectivity index (χ1v) is 6.54. The minimum absolute atomic E-state index is 0.00967. The molecule has 0 bridgehead atoms. The van der Waals surface area contributed by atoms with Crippen LogP contribution in [0.25, 0.3) is 0 Å². The van der Waals surface area contributed by atoms with Gasteiger partial charge in [-0.2, -0.15) is 0 Å². The highest BCUT2D eigenvalue weighted by molar-refractivity contribution is 5.94. The van der Waals surface area contributed by atoms with Crippen LogP contribution in [0.4, 0.5) is 0 Å². The zero-order chi connectivity index (χ0) is 16.0. The van der Waals surface area contributed by atoms with E-state index < -0.39 is 11.9 Å². The number of aliphatic carboxylic acids is 1. The Kier molecular flexibility index (Phi) is 5.82. The van der Waals surface area contributed by atoms with Crippen LogP contribution in [0.3, 0.4) is 0 Å². The minimum Gasteiger partial charge on any atom is -0.480 e. The Balaban J connectivity index is 2.72. The summed E-state index contributed by atoms with van der Waals surface area (Å²) in [7, 11) is 0. The molecule has 0 saturated carbocycles. The zero-order valence-corrected chi connectivity index (χ0v) is 12.2. The fourth-order valence-electron chi connectivity index (χ4n) is 1.64. The molecule has 0 aliphatic heterocycles. The molecule has 1 aromatic heterocycles. The van der Waals surface area contributed by atoms with Crippen molar-refractivity contribution in [3.63, 3.8) is 0 Å². The van der Waals surface area contributed by atoms with Crippen LogP contribution >= 0.6 is 0 Å². The van der Waals surface area contributed by atoms with Crippen LogP contribution < -0.4 is 5.32 Å². The van der Waals surface area contributed by atoms with Gasteiger partial charge in [0.05, 0.1) is 12.7 Å². The molecular formula is C12H19N5O4. The summed E-state index contributed by atoms with van der Waals surface area (Å²) in [6, 6.07) is -0.0113. The lowest BCUT2D eigenvalue weighted by molar-refractivity contribution is -0.138. The molecule has 2 amide bonds. The van der Waals surface area contributed by atoms with Crippen LogP contribution in [0.15, 0.2) is 6.20 Å². The normalized spacial score (nSPS) is 10.5. The number of nitrogens with one attached hydrogen (secondary N) is 1. The molecule has 9 nitrogen and oxygen atoms in total. The highest BCUT2D eigenvalue weighted by Crippen LogP contribution is 2.01. The van der Waals surface area contributed by atoms with E-state index in [1.165, 1.54) is 11.1 Å². The van der Waals surface area contributed by atoms with Crippen LogP contribution in [-0.4, -0.2) is 61.9 Å². The maximum absolute atomic E-state index is 12.2. The molecule has 0 fully saturated rings. The van der Waals surface area contributed by atoms with Gasteiger partial charge in [0.25, 0.3) is 5.91 Å². The van der Waals surface area contributed by atoms with Gasteiger partial charge < -0.3 is 15.3 Å². The SMILES string of the molecule is CCN(CC(=O)NC(C)C)C(=O)c1cn(CC(=O)O)nn1. The maximum Gasteiger partial charge on any atom is 0.325 e. The van der Waals surface area contributed by atoms with Gasteiger partial charge in [-0.1, -0.05) is 5.21 Å². The monoisotopic (exact) mass is 297 g/mol. The second kappa shape index (κ2) is 7.36. The molecule has 1 aromatic rings. The summed E-state index contributed by atoms with van der Waals surface area (Å²) < 4.78 is 1.05. The van der Waals surface area contributed by atoms with Gasteiger partial charge in [0.1, 0.15) is 6.54 Å². The number of hydrogen-bond acceptors (Lipinski definition) is 5. The first-order chi connectivity index (χ1) is 9.83. The van der Waals surface area contributed by atoms with Gasteiger partial charge >= 0.3 is 5.97 Å². The Morgan fingerprint density at radius 1 is 1.43 bits per heavy atom. The average Bonchev–Trinajstić information content (AvgIpc) is 2.81. The summed E-state index contributed by atoms with van der Waals surface area (Å²) in [6.45, 7) is 5.26. The number of carbonyl (C=O) groups is 3. The van der Waals surface area contributed by atoms with E-state index in [0.29, 0.717) is 6.54 Å². The molecule has 0 unspecified atom stereocenters. The second-order valence-electron chi connectivity index (χ2n) is 4.74. The van der Waals surface area contributed by atoms with Crippen LogP contribution in [0.2, 0.25) is 0 Å². The van der Waals surface area contributed by atoms with E-state index in [2.05, 4.69) is 15.6 Å². The Morgan fingerprint density at radius 3 is 2.62 bits per heavy atom. The molecule has 0 spiro atoms. The highest BCUT2D eigenvalue weighted by Gasteiger charge is 2.20. The fourth-order valence-corrected chi connectivity index (χ4v) is 1.64. The van der Waals surface area contributed by atoms with Crippen molar-refractivity contribution in [3.8, 4) is 0 Å². The van der Waals surface area contributed by atoms with Gasteiger partial charge in [-0.15, -0.1) is 5.10 Å². The third-order valence-electron chi connectivity index (χ3n) is 2.51. The number of rotatable bonds is 7. The lowest BCUT2D eigenvalue weighted by Crippen LogP contribution is -2.42. The van der Waals surface area contributed by atoms with E-state index >= 15 is 0 Å². The summed E-state index contributed by atoms with van der Waals surface area (Å²) in [6.07, 6.45) is 1.25. The lowest BCUT2D eigenvalue weighted by Gasteiger charge is -2.19. The summed E-state index contributed by atoms with van der Waals surface area (Å²) in [4.78, 5) is 35.7. The molecule has 1 heterocycles. The number of hydrogen-bond donors (Lipinski definition) is 2. The molecule has 1 rings (SSSR count). The molecule has 9 heteroatoms. The topological polar surface area (TPSA) is 117 Å². The molecule has 0 saturated heterocycles. The van der Waals surface area contributed by atoms with Crippen molar-refractivity contribution in [3.05, 3.63) is 11.9 Å². The molecule has 0 aliphatic carbocycles. The predicted octanol–water partition coefficient (Wildman–Crippen LogP) is -0.651.